The first kappa shape index (κ1) is 20.0. The Morgan fingerprint density at radius 2 is 1.18 bits per heavy atom. The maximum atomic E-state index is 14.2. The van der Waals surface area contributed by atoms with Gasteiger partial charge in [-0.15, -0.1) is 0 Å². The molecule has 3 rings (SSSR count). The van der Waals surface area contributed by atoms with E-state index in [0.29, 0.717) is 12.1 Å². The van der Waals surface area contributed by atoms with Crippen LogP contribution in [0.25, 0.3) is 11.1 Å². The van der Waals surface area contributed by atoms with Crippen LogP contribution in [0.4, 0.5) is 30.7 Å². The summed E-state index contributed by atoms with van der Waals surface area (Å²) in [6.07, 6.45) is -4.37. The second-order valence-electron chi connectivity index (χ2n) is 5.64. The van der Waals surface area contributed by atoms with Gasteiger partial charge in [-0.25, -0.2) is 22.0 Å². The zero-order valence-corrected chi connectivity index (χ0v) is 14.3. The van der Waals surface area contributed by atoms with Gasteiger partial charge in [0, 0.05) is 5.02 Å². The molecular weight excluding hydrogens is 413 g/mol. The van der Waals surface area contributed by atoms with E-state index >= 15 is 0 Å². The molecule has 146 valence electrons. The van der Waals surface area contributed by atoms with Crippen molar-refractivity contribution in [3.05, 3.63) is 88.2 Å². The van der Waals surface area contributed by atoms with Gasteiger partial charge >= 0.3 is 6.11 Å². The molecule has 9 heteroatoms. The predicted octanol–water partition coefficient (Wildman–Crippen LogP) is 6.83. The van der Waals surface area contributed by atoms with Gasteiger partial charge in [0.25, 0.3) is 0 Å². The van der Waals surface area contributed by atoms with Crippen LogP contribution in [-0.4, -0.2) is 0 Å². The molecule has 0 N–H and O–H groups in total. The van der Waals surface area contributed by atoms with Crippen molar-refractivity contribution in [3.8, 4) is 16.9 Å². The van der Waals surface area contributed by atoms with Crippen LogP contribution >= 0.6 is 11.6 Å². The number of ether oxygens (including phenoxy) is 1. The van der Waals surface area contributed by atoms with Gasteiger partial charge in [0.05, 0.1) is 0 Å². The molecule has 0 bridgehead atoms. The number of rotatable bonds is 4. The topological polar surface area (TPSA) is 9.23 Å². The van der Waals surface area contributed by atoms with E-state index < -0.39 is 51.5 Å². The zero-order chi connectivity index (χ0) is 20.6. The first-order valence-electron chi connectivity index (χ1n) is 7.55. The first-order chi connectivity index (χ1) is 13.1. The fraction of sp³-hybridized carbons (Fsp3) is 0.0526. The predicted molar refractivity (Wildman–Crippen MR) is 87.6 cm³/mol. The number of hydrogen-bond acceptors (Lipinski definition) is 1. The Morgan fingerprint density at radius 1 is 0.679 bits per heavy atom. The highest BCUT2D eigenvalue weighted by Gasteiger charge is 2.41. The van der Waals surface area contributed by atoms with E-state index in [9.17, 15) is 30.7 Å². The number of alkyl halides is 2. The lowest BCUT2D eigenvalue weighted by Crippen LogP contribution is -2.25. The molecule has 0 radical (unpaired) electrons. The minimum absolute atomic E-state index is 0.0514. The minimum atomic E-state index is -4.37. The fourth-order valence-electron chi connectivity index (χ4n) is 2.46. The van der Waals surface area contributed by atoms with Crippen LogP contribution in [0.2, 0.25) is 5.02 Å². The van der Waals surface area contributed by atoms with E-state index in [1.165, 1.54) is 0 Å². The number of halogens is 8. The van der Waals surface area contributed by atoms with Gasteiger partial charge in [-0.2, -0.15) is 8.78 Å². The van der Waals surface area contributed by atoms with Gasteiger partial charge in [-0.05, 0) is 47.5 Å². The van der Waals surface area contributed by atoms with Crippen molar-refractivity contribution in [2.45, 2.75) is 6.11 Å². The lowest BCUT2D eigenvalue weighted by molar-refractivity contribution is -0.189. The van der Waals surface area contributed by atoms with E-state index in [-0.39, 0.29) is 11.1 Å². The van der Waals surface area contributed by atoms with Gasteiger partial charge < -0.3 is 4.74 Å². The summed E-state index contributed by atoms with van der Waals surface area (Å²) >= 11 is 5.40. The molecule has 3 aromatic rings. The fourth-order valence-corrected chi connectivity index (χ4v) is 2.65. The zero-order valence-electron chi connectivity index (χ0n) is 13.6. The van der Waals surface area contributed by atoms with Crippen molar-refractivity contribution in [3.63, 3.8) is 0 Å². The Labute approximate surface area is 158 Å². The molecule has 0 atom stereocenters. The Balaban J connectivity index is 1.88. The Hall–Kier alpha value is -2.74. The summed E-state index contributed by atoms with van der Waals surface area (Å²) in [6.45, 7) is 0. The van der Waals surface area contributed by atoms with Gasteiger partial charge in [-0.1, -0.05) is 23.7 Å². The highest BCUT2D eigenvalue weighted by atomic mass is 35.5. The lowest BCUT2D eigenvalue weighted by Gasteiger charge is -2.19. The van der Waals surface area contributed by atoms with Crippen molar-refractivity contribution >= 4 is 11.6 Å². The second-order valence-corrected chi connectivity index (χ2v) is 6.08. The standard InChI is InChI=1S/C19H8ClF7O/c20-11-7-13(21)17(14(22)8-11)19(26,27)28-12-3-1-9(2-4-12)10-5-15(23)18(25)16(24)6-10/h1-8H. The molecule has 0 heterocycles. The average Bonchev–Trinajstić information content (AvgIpc) is 2.58. The lowest BCUT2D eigenvalue weighted by atomic mass is 10.1. The van der Waals surface area contributed by atoms with Crippen LogP contribution in [0, 0.1) is 29.1 Å². The molecule has 3 aromatic carbocycles. The molecule has 0 spiro atoms. The molecule has 1 nitrogen and oxygen atoms in total. The summed E-state index contributed by atoms with van der Waals surface area (Å²) in [7, 11) is 0. The summed E-state index contributed by atoms with van der Waals surface area (Å²) in [5.74, 6) is -8.15. The SMILES string of the molecule is Fc1cc(-c2ccc(OC(F)(F)c3c(F)cc(Cl)cc3F)cc2)cc(F)c1F. The van der Waals surface area contributed by atoms with Crippen LogP contribution in [0.3, 0.4) is 0 Å². The van der Waals surface area contributed by atoms with Gasteiger partial charge in [0.1, 0.15) is 22.9 Å². The smallest absolute Gasteiger partial charge is 0.429 e. The molecule has 0 aliphatic carbocycles. The summed E-state index contributed by atoms with van der Waals surface area (Å²) in [4.78, 5) is 0. The minimum Gasteiger partial charge on any atom is -0.429 e. The molecule has 0 fully saturated rings. The summed E-state index contributed by atoms with van der Waals surface area (Å²) in [5, 5.41) is -0.405. The molecule has 0 amide bonds. The third kappa shape index (κ3) is 3.91. The van der Waals surface area contributed by atoms with Crippen LogP contribution in [0.5, 0.6) is 5.75 Å². The third-order valence-electron chi connectivity index (χ3n) is 3.72. The molecule has 0 aliphatic heterocycles. The van der Waals surface area contributed by atoms with Crippen LogP contribution in [-0.2, 0) is 6.11 Å². The Bertz CT molecular complexity index is 989. The molecule has 0 unspecified atom stereocenters. The quantitative estimate of drug-likeness (QED) is 0.332. The Kier molecular flexibility index (Phi) is 5.25. The van der Waals surface area contributed by atoms with Gasteiger partial charge in [-0.3, -0.25) is 0 Å². The molecule has 28 heavy (non-hydrogen) atoms. The maximum Gasteiger partial charge on any atom is 0.432 e. The highest BCUT2D eigenvalue weighted by Crippen LogP contribution is 2.36. The van der Waals surface area contributed by atoms with Gasteiger partial charge in [0.15, 0.2) is 17.5 Å². The van der Waals surface area contributed by atoms with Crippen LogP contribution in [0.1, 0.15) is 5.56 Å². The van der Waals surface area contributed by atoms with E-state index in [1.807, 2.05) is 0 Å². The van der Waals surface area contributed by atoms with Crippen molar-refractivity contribution < 1.29 is 35.5 Å². The average molecular weight is 421 g/mol. The summed E-state index contributed by atoms with van der Waals surface area (Å²) in [6, 6.07) is 6.78. The van der Waals surface area contributed by atoms with Crippen molar-refractivity contribution in [2.75, 3.05) is 0 Å². The molecule has 0 aliphatic rings. The number of hydrogen-bond donors (Lipinski definition) is 0. The maximum absolute atomic E-state index is 14.2. The molecular formula is C19H8ClF7O. The first-order valence-corrected chi connectivity index (χ1v) is 7.93. The van der Waals surface area contributed by atoms with Gasteiger partial charge in [0.2, 0.25) is 0 Å². The monoisotopic (exact) mass is 420 g/mol. The highest BCUT2D eigenvalue weighted by molar-refractivity contribution is 6.30. The third-order valence-corrected chi connectivity index (χ3v) is 3.93. The number of benzene rings is 3. The van der Waals surface area contributed by atoms with E-state index in [1.54, 1.807) is 0 Å². The van der Waals surface area contributed by atoms with Crippen LogP contribution < -0.4 is 4.74 Å². The molecule has 0 saturated heterocycles. The normalized spacial score (nSPS) is 11.6. The second kappa shape index (κ2) is 7.35. The molecule has 0 saturated carbocycles. The van der Waals surface area contributed by atoms with E-state index in [2.05, 4.69) is 4.74 Å². The summed E-state index contributed by atoms with van der Waals surface area (Å²) in [5.41, 5.74) is -1.51. The van der Waals surface area contributed by atoms with Crippen molar-refractivity contribution in [2.24, 2.45) is 0 Å². The Morgan fingerprint density at radius 3 is 1.68 bits per heavy atom. The van der Waals surface area contributed by atoms with E-state index in [4.69, 9.17) is 11.6 Å². The van der Waals surface area contributed by atoms with Crippen molar-refractivity contribution in [1.29, 1.82) is 0 Å². The molecule has 0 aromatic heterocycles. The largest absolute Gasteiger partial charge is 0.432 e. The van der Waals surface area contributed by atoms with Crippen molar-refractivity contribution in [1.82, 2.24) is 0 Å². The summed E-state index contributed by atoms with van der Waals surface area (Å²) < 4.78 is 99.8. The van der Waals surface area contributed by atoms with E-state index in [0.717, 1.165) is 36.4 Å². The van der Waals surface area contributed by atoms with Crippen LogP contribution in [0.15, 0.2) is 48.5 Å².